The highest BCUT2D eigenvalue weighted by Crippen LogP contribution is 2.23. The van der Waals surface area contributed by atoms with Crippen molar-refractivity contribution in [1.29, 1.82) is 0 Å². The molecule has 1 atom stereocenters. The maximum Gasteiger partial charge on any atom is 0.349 e. The molecular weight excluding hydrogens is 338 g/mol. The van der Waals surface area contributed by atoms with Gasteiger partial charge in [-0.2, -0.15) is 0 Å². The molecule has 0 unspecified atom stereocenters. The molecule has 2 rings (SSSR count). The second kappa shape index (κ2) is 8.67. The Morgan fingerprint density at radius 3 is 2.61 bits per heavy atom. The summed E-state index contributed by atoms with van der Waals surface area (Å²) in [5.74, 6) is -0.948. The molecule has 0 fully saturated rings. The fourth-order valence-corrected chi connectivity index (χ4v) is 2.57. The Hall–Kier alpha value is -1.89. The van der Waals surface area contributed by atoms with Crippen LogP contribution in [0.4, 0.5) is 0 Å². The van der Waals surface area contributed by atoms with Crippen LogP contribution in [0.15, 0.2) is 41.8 Å². The molecule has 0 spiro atoms. The summed E-state index contributed by atoms with van der Waals surface area (Å²) in [6.07, 6.45) is -1.04. The Balaban J connectivity index is 2.15. The van der Waals surface area contributed by atoms with Crippen LogP contribution < -0.4 is 5.32 Å². The van der Waals surface area contributed by atoms with E-state index >= 15 is 0 Å². The molecule has 1 heterocycles. The van der Waals surface area contributed by atoms with Crippen LogP contribution in [0.25, 0.3) is 0 Å². The van der Waals surface area contributed by atoms with Crippen LogP contribution in [0.2, 0.25) is 5.02 Å². The predicted octanol–water partition coefficient (Wildman–Crippen LogP) is 3.06. The predicted molar refractivity (Wildman–Crippen MR) is 88.8 cm³/mol. The molecule has 1 aromatic carbocycles. The van der Waals surface area contributed by atoms with Crippen LogP contribution in [0.5, 0.6) is 0 Å². The third-order valence-electron chi connectivity index (χ3n) is 2.96. The summed E-state index contributed by atoms with van der Waals surface area (Å²) >= 11 is 7.12. The molecule has 1 aromatic heterocycles. The number of methoxy groups -OCH3 is 1. The summed E-state index contributed by atoms with van der Waals surface area (Å²) in [5.41, 5.74) is 0.550. The molecule has 5 nitrogen and oxygen atoms in total. The number of benzene rings is 1. The van der Waals surface area contributed by atoms with Gasteiger partial charge in [-0.1, -0.05) is 29.8 Å². The van der Waals surface area contributed by atoms with Crippen LogP contribution in [-0.2, 0) is 14.3 Å². The van der Waals surface area contributed by atoms with Crippen molar-refractivity contribution in [2.24, 2.45) is 0 Å². The van der Waals surface area contributed by atoms with E-state index in [4.69, 9.17) is 21.1 Å². The number of thiophene rings is 1. The molecule has 0 aliphatic rings. The van der Waals surface area contributed by atoms with Crippen LogP contribution in [0.1, 0.15) is 21.3 Å². The van der Waals surface area contributed by atoms with Gasteiger partial charge in [0.15, 0.2) is 0 Å². The van der Waals surface area contributed by atoms with Gasteiger partial charge in [-0.3, -0.25) is 4.79 Å². The Bertz CT molecular complexity index is 643. The number of hydrogen-bond donors (Lipinski definition) is 1. The number of amides is 1. The quantitative estimate of drug-likeness (QED) is 0.613. The van der Waals surface area contributed by atoms with Crippen molar-refractivity contribution < 1.29 is 19.1 Å². The van der Waals surface area contributed by atoms with Crippen molar-refractivity contribution in [3.8, 4) is 0 Å². The molecule has 1 amide bonds. The second-order valence-electron chi connectivity index (χ2n) is 4.60. The highest BCUT2D eigenvalue weighted by atomic mass is 35.5. The van der Waals surface area contributed by atoms with Crippen LogP contribution in [0, 0.1) is 0 Å². The highest BCUT2D eigenvalue weighted by molar-refractivity contribution is 7.11. The molecule has 0 aliphatic heterocycles. The summed E-state index contributed by atoms with van der Waals surface area (Å²) in [4.78, 5) is 24.9. The van der Waals surface area contributed by atoms with E-state index in [1.54, 1.807) is 48.9 Å². The zero-order valence-corrected chi connectivity index (χ0v) is 14.0. The van der Waals surface area contributed by atoms with Gasteiger partial charge in [0.1, 0.15) is 4.88 Å². The van der Waals surface area contributed by atoms with E-state index in [1.807, 2.05) is 0 Å². The molecule has 23 heavy (non-hydrogen) atoms. The fourth-order valence-electron chi connectivity index (χ4n) is 1.84. The van der Waals surface area contributed by atoms with Crippen molar-refractivity contribution in [1.82, 2.24) is 5.32 Å². The van der Waals surface area contributed by atoms with Crippen molar-refractivity contribution in [2.45, 2.75) is 6.10 Å². The second-order valence-corrected chi connectivity index (χ2v) is 5.98. The minimum Gasteiger partial charge on any atom is -0.443 e. The Kier molecular flexibility index (Phi) is 6.58. The number of ether oxygens (including phenoxy) is 2. The van der Waals surface area contributed by atoms with E-state index in [1.165, 1.54) is 11.3 Å². The summed E-state index contributed by atoms with van der Waals surface area (Å²) in [6.45, 7) is 0.702. The van der Waals surface area contributed by atoms with Gasteiger partial charge in [0, 0.05) is 24.2 Å². The molecule has 0 saturated heterocycles. The lowest BCUT2D eigenvalue weighted by molar-refractivity contribution is -0.130. The van der Waals surface area contributed by atoms with Gasteiger partial charge in [0.05, 0.1) is 6.61 Å². The van der Waals surface area contributed by atoms with E-state index < -0.39 is 18.0 Å². The number of rotatable bonds is 7. The minimum atomic E-state index is -1.04. The largest absolute Gasteiger partial charge is 0.443 e. The molecule has 7 heteroatoms. The van der Waals surface area contributed by atoms with E-state index in [-0.39, 0.29) is 0 Å². The van der Waals surface area contributed by atoms with Gasteiger partial charge >= 0.3 is 5.97 Å². The van der Waals surface area contributed by atoms with E-state index in [2.05, 4.69) is 5.32 Å². The number of hydrogen-bond acceptors (Lipinski definition) is 5. The average molecular weight is 354 g/mol. The summed E-state index contributed by atoms with van der Waals surface area (Å²) in [7, 11) is 1.54. The van der Waals surface area contributed by atoms with Crippen molar-refractivity contribution in [3.63, 3.8) is 0 Å². The van der Waals surface area contributed by atoms with E-state index in [0.717, 1.165) is 0 Å². The fraction of sp³-hybridized carbons (Fsp3) is 0.250. The van der Waals surface area contributed by atoms with Crippen molar-refractivity contribution in [3.05, 3.63) is 57.2 Å². The maximum atomic E-state index is 12.3. The lowest BCUT2D eigenvalue weighted by Crippen LogP contribution is -2.34. The molecule has 0 radical (unpaired) electrons. The zero-order valence-electron chi connectivity index (χ0n) is 12.5. The van der Waals surface area contributed by atoms with E-state index in [0.29, 0.717) is 28.6 Å². The first kappa shape index (κ1) is 17.5. The third-order valence-corrected chi connectivity index (χ3v) is 4.07. The molecular formula is C16H16ClNO4S. The Morgan fingerprint density at radius 2 is 2.00 bits per heavy atom. The molecule has 1 N–H and O–H groups in total. The normalized spacial score (nSPS) is 11.7. The van der Waals surface area contributed by atoms with Crippen molar-refractivity contribution >= 4 is 34.8 Å². The topological polar surface area (TPSA) is 64.6 Å². The van der Waals surface area contributed by atoms with Gasteiger partial charge in [0.2, 0.25) is 6.10 Å². The van der Waals surface area contributed by atoms with Crippen molar-refractivity contribution in [2.75, 3.05) is 20.3 Å². The third kappa shape index (κ3) is 5.06. The number of esters is 1. The highest BCUT2D eigenvalue weighted by Gasteiger charge is 2.25. The standard InChI is InChI=1S/C16H16ClNO4S/c1-21-9-8-18-15(19)14(11-4-6-12(17)7-5-11)22-16(20)13-3-2-10-23-13/h2-7,10,14H,8-9H2,1H3,(H,18,19)/t14-/m0/s1. The van der Waals surface area contributed by atoms with Gasteiger partial charge in [0.25, 0.3) is 5.91 Å². The summed E-state index contributed by atoms with van der Waals surface area (Å²) in [5, 5.41) is 4.99. The Labute approximate surface area is 143 Å². The first-order valence-electron chi connectivity index (χ1n) is 6.88. The average Bonchev–Trinajstić information content (AvgIpc) is 3.08. The minimum absolute atomic E-state index is 0.329. The zero-order chi connectivity index (χ0) is 16.7. The Morgan fingerprint density at radius 1 is 1.26 bits per heavy atom. The summed E-state index contributed by atoms with van der Waals surface area (Å²) in [6, 6.07) is 10.00. The summed E-state index contributed by atoms with van der Waals surface area (Å²) < 4.78 is 10.3. The van der Waals surface area contributed by atoms with Crippen LogP contribution in [0.3, 0.4) is 0 Å². The molecule has 0 aliphatic carbocycles. The number of halogens is 1. The lowest BCUT2D eigenvalue weighted by Gasteiger charge is -2.17. The molecule has 0 saturated carbocycles. The lowest BCUT2D eigenvalue weighted by atomic mass is 10.1. The SMILES string of the molecule is COCCNC(=O)[C@@H](OC(=O)c1cccs1)c1ccc(Cl)cc1. The maximum absolute atomic E-state index is 12.3. The monoisotopic (exact) mass is 353 g/mol. The van der Waals surface area contributed by atoms with Gasteiger partial charge in [-0.15, -0.1) is 11.3 Å². The molecule has 0 bridgehead atoms. The van der Waals surface area contributed by atoms with Gasteiger partial charge in [-0.05, 0) is 23.6 Å². The van der Waals surface area contributed by atoms with Crippen LogP contribution >= 0.6 is 22.9 Å². The number of nitrogens with one attached hydrogen (secondary N) is 1. The number of carbonyl (C=O) groups excluding carboxylic acids is 2. The van der Waals surface area contributed by atoms with Gasteiger partial charge < -0.3 is 14.8 Å². The molecule has 2 aromatic rings. The number of carbonyl (C=O) groups is 2. The van der Waals surface area contributed by atoms with Crippen LogP contribution in [-0.4, -0.2) is 32.1 Å². The first-order chi connectivity index (χ1) is 11.1. The van der Waals surface area contributed by atoms with Gasteiger partial charge in [-0.25, -0.2) is 4.79 Å². The first-order valence-corrected chi connectivity index (χ1v) is 8.14. The van der Waals surface area contributed by atoms with E-state index in [9.17, 15) is 9.59 Å². The molecule has 122 valence electrons. The smallest absolute Gasteiger partial charge is 0.349 e.